The van der Waals surface area contributed by atoms with Gasteiger partial charge in [-0.2, -0.15) is 0 Å². The summed E-state index contributed by atoms with van der Waals surface area (Å²) in [6.07, 6.45) is 0. The van der Waals surface area contributed by atoms with Gasteiger partial charge in [0.15, 0.2) is 0 Å². The van der Waals surface area contributed by atoms with E-state index in [-0.39, 0.29) is 17.9 Å². The molecule has 0 radical (unpaired) electrons. The van der Waals surface area contributed by atoms with Crippen LogP contribution in [0.1, 0.15) is 17.8 Å². The molecule has 1 fully saturated rings. The lowest BCUT2D eigenvalue weighted by Crippen LogP contribution is -2.45. The van der Waals surface area contributed by atoms with E-state index in [2.05, 4.69) is 27.7 Å². The van der Waals surface area contributed by atoms with Crippen molar-refractivity contribution < 1.29 is 9.53 Å². The van der Waals surface area contributed by atoms with Gasteiger partial charge in [0, 0.05) is 44.0 Å². The summed E-state index contributed by atoms with van der Waals surface area (Å²) in [5.41, 5.74) is 0. The first-order valence-corrected chi connectivity index (χ1v) is 8.76. The van der Waals surface area contributed by atoms with Gasteiger partial charge in [0.1, 0.15) is 0 Å². The van der Waals surface area contributed by atoms with Crippen molar-refractivity contribution in [2.24, 2.45) is 5.92 Å². The maximum Gasteiger partial charge on any atom is 0.226 e. The normalized spacial score (nSPS) is 18.9. The van der Waals surface area contributed by atoms with Gasteiger partial charge in [-0.25, -0.2) is 0 Å². The third-order valence-electron chi connectivity index (χ3n) is 4.11. The largest absolute Gasteiger partial charge is 0.379 e. The van der Waals surface area contributed by atoms with Crippen molar-refractivity contribution in [1.82, 2.24) is 15.1 Å². The lowest BCUT2D eigenvalue weighted by atomic mass is 10.1. The standard InChI is InChI=1S/C16H27N3O2S/c1-13(11-17-2)16(20)18(3)12-14(15-5-4-10-22-15)19-6-8-21-9-7-19/h4-5,10,13-14,17H,6-9,11-12H2,1-3H3. The number of rotatable bonds is 7. The summed E-state index contributed by atoms with van der Waals surface area (Å²) in [6, 6.07) is 4.51. The van der Waals surface area contributed by atoms with Crippen LogP contribution in [-0.4, -0.2) is 69.2 Å². The van der Waals surface area contributed by atoms with Crippen LogP contribution in [0.25, 0.3) is 0 Å². The Hall–Kier alpha value is -0.950. The molecule has 1 saturated heterocycles. The molecule has 0 saturated carbocycles. The van der Waals surface area contributed by atoms with Gasteiger partial charge >= 0.3 is 0 Å². The van der Waals surface area contributed by atoms with E-state index in [1.165, 1.54) is 4.88 Å². The number of morpholine rings is 1. The lowest BCUT2D eigenvalue weighted by molar-refractivity contribution is -0.134. The second-order valence-corrected chi connectivity index (χ2v) is 6.84. The monoisotopic (exact) mass is 325 g/mol. The molecule has 22 heavy (non-hydrogen) atoms. The van der Waals surface area contributed by atoms with E-state index in [0.29, 0.717) is 6.54 Å². The predicted octanol–water partition coefficient (Wildman–Crippen LogP) is 1.44. The molecule has 2 unspecified atom stereocenters. The molecule has 1 aliphatic heterocycles. The molecule has 1 aromatic heterocycles. The second kappa shape index (κ2) is 8.62. The fraction of sp³-hybridized carbons (Fsp3) is 0.688. The Balaban J connectivity index is 2.04. The minimum Gasteiger partial charge on any atom is -0.379 e. The number of thiophene rings is 1. The van der Waals surface area contributed by atoms with E-state index in [9.17, 15) is 4.79 Å². The van der Waals surface area contributed by atoms with Crippen LogP contribution in [0, 0.1) is 5.92 Å². The van der Waals surface area contributed by atoms with Crippen LogP contribution in [0.15, 0.2) is 17.5 Å². The lowest BCUT2D eigenvalue weighted by Gasteiger charge is -2.36. The SMILES string of the molecule is CNCC(C)C(=O)N(C)CC(c1cccs1)N1CCOCC1. The number of nitrogens with zero attached hydrogens (tertiary/aromatic N) is 2. The zero-order valence-electron chi connectivity index (χ0n) is 13.7. The molecular weight excluding hydrogens is 298 g/mol. The molecule has 2 heterocycles. The van der Waals surface area contributed by atoms with Crippen LogP contribution in [0.5, 0.6) is 0 Å². The van der Waals surface area contributed by atoms with Gasteiger partial charge in [-0.15, -0.1) is 11.3 Å². The number of hydrogen-bond acceptors (Lipinski definition) is 5. The van der Waals surface area contributed by atoms with Crippen LogP contribution < -0.4 is 5.32 Å². The van der Waals surface area contributed by atoms with Crippen LogP contribution in [0.2, 0.25) is 0 Å². The van der Waals surface area contributed by atoms with Crippen molar-refractivity contribution in [1.29, 1.82) is 0 Å². The molecule has 0 spiro atoms. The zero-order chi connectivity index (χ0) is 15.9. The quantitative estimate of drug-likeness (QED) is 0.824. The second-order valence-electron chi connectivity index (χ2n) is 5.86. The first kappa shape index (κ1) is 17.4. The average molecular weight is 325 g/mol. The van der Waals surface area contributed by atoms with E-state index < -0.39 is 0 Å². The highest BCUT2D eigenvalue weighted by Gasteiger charge is 2.27. The van der Waals surface area contributed by atoms with Gasteiger partial charge in [0.2, 0.25) is 5.91 Å². The molecule has 1 aliphatic rings. The van der Waals surface area contributed by atoms with Gasteiger partial charge in [0.25, 0.3) is 0 Å². The van der Waals surface area contributed by atoms with Crippen LogP contribution in [-0.2, 0) is 9.53 Å². The van der Waals surface area contributed by atoms with Crippen molar-refractivity contribution in [3.05, 3.63) is 22.4 Å². The Morgan fingerprint density at radius 3 is 2.82 bits per heavy atom. The van der Waals surface area contributed by atoms with Crippen molar-refractivity contribution in [2.75, 3.05) is 53.5 Å². The Kier molecular flexibility index (Phi) is 6.82. The molecular formula is C16H27N3O2S. The molecule has 1 N–H and O–H groups in total. The third-order valence-corrected chi connectivity index (χ3v) is 5.09. The number of ether oxygens (including phenoxy) is 1. The zero-order valence-corrected chi connectivity index (χ0v) is 14.6. The van der Waals surface area contributed by atoms with E-state index in [4.69, 9.17) is 4.74 Å². The van der Waals surface area contributed by atoms with Crippen LogP contribution >= 0.6 is 11.3 Å². The molecule has 1 amide bonds. The molecule has 2 atom stereocenters. The third kappa shape index (κ3) is 4.52. The summed E-state index contributed by atoms with van der Waals surface area (Å²) in [7, 11) is 3.79. The predicted molar refractivity (Wildman–Crippen MR) is 90.2 cm³/mol. The number of nitrogens with one attached hydrogen (secondary N) is 1. The highest BCUT2D eigenvalue weighted by atomic mass is 32.1. The van der Waals surface area contributed by atoms with Gasteiger partial charge in [-0.3, -0.25) is 9.69 Å². The fourth-order valence-electron chi connectivity index (χ4n) is 2.87. The number of carbonyl (C=O) groups is 1. The molecule has 124 valence electrons. The minimum atomic E-state index is 0.00340. The maximum absolute atomic E-state index is 12.5. The van der Waals surface area contributed by atoms with Crippen molar-refractivity contribution >= 4 is 17.2 Å². The number of likely N-dealkylation sites (N-methyl/N-ethyl adjacent to an activating group) is 1. The van der Waals surface area contributed by atoms with E-state index >= 15 is 0 Å². The summed E-state index contributed by atoms with van der Waals surface area (Å²) in [5, 5.41) is 5.18. The Morgan fingerprint density at radius 1 is 1.50 bits per heavy atom. The van der Waals surface area contributed by atoms with Crippen LogP contribution in [0.4, 0.5) is 0 Å². The first-order chi connectivity index (χ1) is 10.6. The summed E-state index contributed by atoms with van der Waals surface area (Å²) >= 11 is 1.76. The number of carbonyl (C=O) groups excluding carboxylic acids is 1. The highest BCUT2D eigenvalue weighted by molar-refractivity contribution is 7.10. The molecule has 5 nitrogen and oxygen atoms in total. The molecule has 0 aromatic carbocycles. The molecule has 6 heteroatoms. The van der Waals surface area contributed by atoms with Gasteiger partial charge in [0.05, 0.1) is 19.3 Å². The summed E-state index contributed by atoms with van der Waals surface area (Å²) in [6.45, 7) is 6.82. The van der Waals surface area contributed by atoms with Crippen molar-refractivity contribution in [2.45, 2.75) is 13.0 Å². The summed E-state index contributed by atoms with van der Waals surface area (Å²) < 4.78 is 5.46. The van der Waals surface area contributed by atoms with Gasteiger partial charge in [-0.05, 0) is 18.5 Å². The van der Waals surface area contributed by atoms with Gasteiger partial charge in [-0.1, -0.05) is 13.0 Å². The first-order valence-electron chi connectivity index (χ1n) is 7.88. The maximum atomic E-state index is 12.5. The van der Waals surface area contributed by atoms with E-state index in [1.54, 1.807) is 11.3 Å². The molecule has 1 aromatic rings. The number of amides is 1. The smallest absolute Gasteiger partial charge is 0.226 e. The summed E-state index contributed by atoms with van der Waals surface area (Å²) in [5.74, 6) is 0.202. The average Bonchev–Trinajstić information content (AvgIpc) is 3.06. The highest BCUT2D eigenvalue weighted by Crippen LogP contribution is 2.27. The fourth-order valence-corrected chi connectivity index (χ4v) is 3.73. The Bertz CT molecular complexity index is 446. The Morgan fingerprint density at radius 2 is 2.23 bits per heavy atom. The Labute approximate surface area is 137 Å². The molecule has 2 rings (SSSR count). The minimum absolute atomic E-state index is 0.00340. The van der Waals surface area contributed by atoms with Crippen molar-refractivity contribution in [3.8, 4) is 0 Å². The summed E-state index contributed by atoms with van der Waals surface area (Å²) in [4.78, 5) is 18.1. The van der Waals surface area contributed by atoms with Gasteiger partial charge < -0.3 is 15.0 Å². The molecule has 0 bridgehead atoms. The van der Waals surface area contributed by atoms with E-state index in [0.717, 1.165) is 32.8 Å². The van der Waals surface area contributed by atoms with Crippen LogP contribution in [0.3, 0.4) is 0 Å². The number of hydrogen-bond donors (Lipinski definition) is 1. The topological polar surface area (TPSA) is 44.8 Å². The molecule has 0 aliphatic carbocycles. The van der Waals surface area contributed by atoms with E-state index in [1.807, 2.05) is 25.9 Å². The van der Waals surface area contributed by atoms with Crippen molar-refractivity contribution in [3.63, 3.8) is 0 Å².